The van der Waals surface area contributed by atoms with E-state index in [9.17, 15) is 26.4 Å². The van der Waals surface area contributed by atoms with Crippen LogP contribution in [0.25, 0.3) is 0 Å². The van der Waals surface area contributed by atoms with Crippen molar-refractivity contribution in [2.45, 2.75) is 16.4 Å². The van der Waals surface area contributed by atoms with Gasteiger partial charge in [-0.25, -0.2) is 13.1 Å². The summed E-state index contributed by atoms with van der Waals surface area (Å²) < 4.78 is 68.2. The third-order valence-corrected chi connectivity index (χ3v) is 4.21. The maximum Gasteiger partial charge on any atom is 0.417 e. The van der Waals surface area contributed by atoms with Gasteiger partial charge in [0.1, 0.15) is 5.38 Å². The van der Waals surface area contributed by atoms with Crippen LogP contribution in [0.1, 0.15) is 5.56 Å². The Morgan fingerprint density at radius 3 is 2.48 bits per heavy atom. The number of benzene rings is 1. The zero-order chi connectivity index (χ0) is 16.3. The molecule has 0 radical (unpaired) electrons. The number of sulfonamides is 1. The molecule has 21 heavy (non-hydrogen) atoms. The smallest absolute Gasteiger partial charge is 0.417 e. The van der Waals surface area contributed by atoms with Crippen molar-refractivity contribution in [1.82, 2.24) is 4.72 Å². The van der Waals surface area contributed by atoms with E-state index < -0.39 is 44.5 Å². The molecular formula is C11H11ClF3NO4S. The molecule has 1 N–H and O–H groups in total. The first kappa shape index (κ1) is 17.7. The Morgan fingerprint density at radius 2 is 1.95 bits per heavy atom. The molecule has 0 fully saturated rings. The van der Waals surface area contributed by atoms with Crippen LogP contribution >= 0.6 is 11.6 Å². The fourth-order valence-corrected chi connectivity index (χ4v) is 2.94. The quantitative estimate of drug-likeness (QED) is 0.652. The topological polar surface area (TPSA) is 72.5 Å². The average Bonchev–Trinajstić information content (AvgIpc) is 2.43. The molecule has 5 nitrogen and oxygen atoms in total. The number of hydrogen-bond acceptors (Lipinski definition) is 4. The van der Waals surface area contributed by atoms with Gasteiger partial charge in [0.15, 0.2) is 0 Å². The summed E-state index contributed by atoms with van der Waals surface area (Å²) in [5.74, 6) is -0.900. The van der Waals surface area contributed by atoms with Crippen molar-refractivity contribution in [1.29, 1.82) is 0 Å². The second-order valence-electron chi connectivity index (χ2n) is 3.84. The SMILES string of the molecule is COC(=O)C(Cl)CNS(=O)(=O)c1ccccc1C(F)(F)F. The zero-order valence-corrected chi connectivity index (χ0v) is 12.2. The van der Waals surface area contributed by atoms with E-state index in [1.165, 1.54) is 0 Å². The molecule has 118 valence electrons. The third-order valence-electron chi connectivity index (χ3n) is 2.39. The molecule has 1 unspecified atom stereocenters. The number of carbonyl (C=O) groups excluding carboxylic acids is 1. The van der Waals surface area contributed by atoms with E-state index in [1.54, 1.807) is 0 Å². The monoisotopic (exact) mass is 345 g/mol. The summed E-state index contributed by atoms with van der Waals surface area (Å²) in [4.78, 5) is 10.1. The Balaban J connectivity index is 3.02. The van der Waals surface area contributed by atoms with Crippen molar-refractivity contribution in [2.75, 3.05) is 13.7 Å². The number of methoxy groups -OCH3 is 1. The van der Waals surface area contributed by atoms with E-state index in [4.69, 9.17) is 11.6 Å². The summed E-state index contributed by atoms with van der Waals surface area (Å²) in [5, 5.41) is -1.34. The normalized spacial score (nSPS) is 13.8. The van der Waals surface area contributed by atoms with Crippen LogP contribution in [-0.2, 0) is 25.7 Å². The van der Waals surface area contributed by atoms with Crippen LogP contribution in [0.4, 0.5) is 13.2 Å². The Bertz CT molecular complexity index is 618. The van der Waals surface area contributed by atoms with Crippen LogP contribution in [0, 0.1) is 0 Å². The minimum absolute atomic E-state index is 0.594. The second-order valence-corrected chi connectivity index (χ2v) is 6.10. The third kappa shape index (κ3) is 4.58. The minimum atomic E-state index is -4.83. The predicted octanol–water partition coefficient (Wildman–Crippen LogP) is 1.76. The molecule has 0 aliphatic heterocycles. The summed E-state index contributed by atoms with van der Waals surface area (Å²) in [6.07, 6.45) is -4.83. The molecule has 0 aromatic heterocycles. The standard InChI is InChI=1S/C11H11ClF3NO4S/c1-20-10(17)8(12)6-16-21(18,19)9-5-3-2-4-7(9)11(13,14)15/h2-5,8,16H,6H2,1H3. The highest BCUT2D eigenvalue weighted by Gasteiger charge is 2.37. The van der Waals surface area contributed by atoms with Gasteiger partial charge in [-0.1, -0.05) is 12.1 Å². The van der Waals surface area contributed by atoms with E-state index >= 15 is 0 Å². The van der Waals surface area contributed by atoms with Gasteiger partial charge in [0.05, 0.1) is 17.6 Å². The van der Waals surface area contributed by atoms with Crippen LogP contribution in [0.5, 0.6) is 0 Å². The number of esters is 1. The van der Waals surface area contributed by atoms with Gasteiger partial charge in [-0.05, 0) is 12.1 Å². The van der Waals surface area contributed by atoms with Crippen LogP contribution in [-0.4, -0.2) is 33.4 Å². The van der Waals surface area contributed by atoms with Gasteiger partial charge in [0.25, 0.3) is 0 Å². The number of hydrogen-bond donors (Lipinski definition) is 1. The van der Waals surface area contributed by atoms with Gasteiger partial charge >= 0.3 is 12.1 Å². The molecule has 10 heteroatoms. The average molecular weight is 346 g/mol. The first-order valence-corrected chi connectivity index (χ1v) is 7.39. The van der Waals surface area contributed by atoms with E-state index in [-0.39, 0.29) is 0 Å². The lowest BCUT2D eigenvalue weighted by Gasteiger charge is -2.14. The van der Waals surface area contributed by atoms with E-state index in [0.717, 1.165) is 25.3 Å². The fourth-order valence-electron chi connectivity index (χ4n) is 1.41. The maximum atomic E-state index is 12.8. The summed E-state index contributed by atoms with van der Waals surface area (Å²) in [7, 11) is -3.43. The lowest BCUT2D eigenvalue weighted by atomic mass is 10.2. The number of alkyl halides is 4. The number of nitrogens with one attached hydrogen (secondary N) is 1. The second kappa shape index (κ2) is 6.63. The summed E-state index contributed by atoms with van der Waals surface area (Å²) in [5.41, 5.74) is -1.30. The molecule has 0 spiro atoms. The van der Waals surface area contributed by atoms with Crippen LogP contribution in [0.15, 0.2) is 29.2 Å². The lowest BCUT2D eigenvalue weighted by molar-refractivity contribution is -0.140. The van der Waals surface area contributed by atoms with Gasteiger partial charge in [-0.2, -0.15) is 13.2 Å². The number of ether oxygens (including phenoxy) is 1. The summed E-state index contributed by atoms with van der Waals surface area (Å²) >= 11 is 5.53. The zero-order valence-electron chi connectivity index (χ0n) is 10.6. The summed E-state index contributed by atoms with van der Waals surface area (Å²) in [6, 6.07) is 3.68. The molecule has 0 aliphatic rings. The van der Waals surface area contributed by atoms with Crippen molar-refractivity contribution >= 4 is 27.6 Å². The Morgan fingerprint density at radius 1 is 1.38 bits per heavy atom. The lowest BCUT2D eigenvalue weighted by Crippen LogP contribution is -2.35. The highest BCUT2D eigenvalue weighted by Crippen LogP contribution is 2.33. The van der Waals surface area contributed by atoms with Gasteiger partial charge in [0, 0.05) is 6.54 Å². The highest BCUT2D eigenvalue weighted by molar-refractivity contribution is 7.89. The van der Waals surface area contributed by atoms with Gasteiger partial charge < -0.3 is 4.74 Å². The highest BCUT2D eigenvalue weighted by atomic mass is 35.5. The Labute approximate surface area is 124 Å². The maximum absolute atomic E-state index is 12.8. The minimum Gasteiger partial charge on any atom is -0.468 e. The molecule has 1 aromatic carbocycles. The summed E-state index contributed by atoms with van der Waals surface area (Å²) in [6.45, 7) is -0.594. The molecule has 0 heterocycles. The largest absolute Gasteiger partial charge is 0.468 e. The molecule has 0 amide bonds. The molecule has 1 atom stereocenters. The number of halogens is 4. The number of carbonyl (C=O) groups is 1. The van der Waals surface area contributed by atoms with E-state index in [1.807, 2.05) is 4.72 Å². The first-order valence-electron chi connectivity index (χ1n) is 5.47. The molecule has 0 aliphatic carbocycles. The van der Waals surface area contributed by atoms with E-state index in [0.29, 0.717) is 6.07 Å². The van der Waals surface area contributed by atoms with Crippen LogP contribution in [0.3, 0.4) is 0 Å². The molecule has 0 saturated carbocycles. The van der Waals surface area contributed by atoms with Crippen LogP contribution in [0.2, 0.25) is 0 Å². The Hall–Kier alpha value is -1.32. The first-order chi connectivity index (χ1) is 9.59. The number of rotatable bonds is 5. The van der Waals surface area contributed by atoms with Gasteiger partial charge in [-0.15, -0.1) is 11.6 Å². The Kier molecular flexibility index (Phi) is 5.60. The molecule has 1 aromatic rings. The van der Waals surface area contributed by atoms with Crippen molar-refractivity contribution in [3.8, 4) is 0 Å². The molecule has 1 rings (SSSR count). The predicted molar refractivity (Wildman–Crippen MR) is 68.3 cm³/mol. The van der Waals surface area contributed by atoms with Gasteiger partial charge in [-0.3, -0.25) is 4.79 Å². The fraction of sp³-hybridized carbons (Fsp3) is 0.364. The molecular weight excluding hydrogens is 335 g/mol. The van der Waals surface area contributed by atoms with Crippen molar-refractivity contribution < 1.29 is 31.1 Å². The van der Waals surface area contributed by atoms with Crippen molar-refractivity contribution in [2.24, 2.45) is 0 Å². The van der Waals surface area contributed by atoms with Gasteiger partial charge in [0.2, 0.25) is 10.0 Å². The van der Waals surface area contributed by atoms with Crippen molar-refractivity contribution in [3.05, 3.63) is 29.8 Å². The van der Waals surface area contributed by atoms with Crippen LogP contribution < -0.4 is 4.72 Å². The van der Waals surface area contributed by atoms with Crippen molar-refractivity contribution in [3.63, 3.8) is 0 Å². The molecule has 0 bridgehead atoms. The molecule has 0 saturated heterocycles. The van der Waals surface area contributed by atoms with E-state index in [2.05, 4.69) is 4.74 Å².